The summed E-state index contributed by atoms with van der Waals surface area (Å²) < 4.78 is 10.8. The molecule has 0 saturated heterocycles. The van der Waals surface area contributed by atoms with Gasteiger partial charge in [-0.25, -0.2) is 0 Å². The van der Waals surface area contributed by atoms with E-state index in [0.29, 0.717) is 32.6 Å². The smallest absolute Gasteiger partial charge is 0.313 e. The number of benzene rings is 1. The van der Waals surface area contributed by atoms with Crippen molar-refractivity contribution in [1.82, 2.24) is 0 Å². The first-order valence-corrected chi connectivity index (χ1v) is 7.23. The molecule has 1 aromatic carbocycles. The Morgan fingerprint density at radius 2 is 1.95 bits per heavy atom. The van der Waals surface area contributed by atoms with Gasteiger partial charge in [0.1, 0.15) is 5.75 Å². The summed E-state index contributed by atoms with van der Waals surface area (Å²) in [6.45, 7) is 5.06. The highest BCUT2D eigenvalue weighted by Gasteiger charge is 2.36. The molecule has 0 aliphatic heterocycles. The van der Waals surface area contributed by atoms with Crippen LogP contribution in [0.25, 0.3) is 0 Å². The Labute approximate surface area is 121 Å². The van der Waals surface area contributed by atoms with Crippen molar-refractivity contribution >= 4 is 5.97 Å². The van der Waals surface area contributed by atoms with Gasteiger partial charge in [0, 0.05) is 6.54 Å². The highest BCUT2D eigenvalue weighted by molar-refractivity contribution is 5.77. The molecule has 0 amide bonds. The second kappa shape index (κ2) is 8.59. The second-order valence-corrected chi connectivity index (χ2v) is 4.82. The molecule has 4 nitrogen and oxygen atoms in total. The van der Waals surface area contributed by atoms with E-state index < -0.39 is 5.41 Å². The van der Waals surface area contributed by atoms with E-state index in [9.17, 15) is 4.79 Å². The third-order valence-corrected chi connectivity index (χ3v) is 3.59. The summed E-state index contributed by atoms with van der Waals surface area (Å²) >= 11 is 0. The lowest BCUT2D eigenvalue weighted by Crippen LogP contribution is -2.39. The Morgan fingerprint density at radius 1 is 1.25 bits per heavy atom. The lowest BCUT2D eigenvalue weighted by Gasteiger charge is -2.28. The zero-order valence-corrected chi connectivity index (χ0v) is 12.4. The highest BCUT2D eigenvalue weighted by atomic mass is 16.5. The Balaban J connectivity index is 2.45. The van der Waals surface area contributed by atoms with Crippen LogP contribution in [0.1, 0.15) is 33.1 Å². The van der Waals surface area contributed by atoms with Gasteiger partial charge in [0.2, 0.25) is 0 Å². The van der Waals surface area contributed by atoms with Crippen molar-refractivity contribution in [3.05, 3.63) is 30.3 Å². The van der Waals surface area contributed by atoms with E-state index in [4.69, 9.17) is 15.2 Å². The molecule has 4 heteroatoms. The molecule has 1 aromatic rings. The highest BCUT2D eigenvalue weighted by Crippen LogP contribution is 2.28. The standard InChI is InChI=1S/C16H25NO3/c1-3-16(13-17,15(18)19-4-2)11-8-12-20-14-9-6-5-7-10-14/h5-7,9-10H,3-4,8,11-13,17H2,1-2H3. The maximum absolute atomic E-state index is 12.0. The third kappa shape index (κ3) is 4.53. The molecule has 0 aromatic heterocycles. The van der Waals surface area contributed by atoms with Gasteiger partial charge in [-0.1, -0.05) is 25.1 Å². The Kier molecular flexibility index (Phi) is 7.09. The molecule has 1 unspecified atom stereocenters. The molecule has 0 aliphatic carbocycles. The van der Waals surface area contributed by atoms with Crippen LogP contribution < -0.4 is 10.5 Å². The summed E-state index contributed by atoms with van der Waals surface area (Å²) in [6.07, 6.45) is 2.15. The van der Waals surface area contributed by atoms with Crippen LogP contribution in [0.4, 0.5) is 0 Å². The zero-order chi connectivity index (χ0) is 14.8. The van der Waals surface area contributed by atoms with Crippen LogP contribution in [0.2, 0.25) is 0 Å². The first kappa shape index (κ1) is 16.5. The Hall–Kier alpha value is -1.55. The van der Waals surface area contributed by atoms with E-state index in [1.807, 2.05) is 44.2 Å². The average molecular weight is 279 g/mol. The lowest BCUT2D eigenvalue weighted by molar-refractivity contribution is -0.155. The predicted molar refractivity (Wildman–Crippen MR) is 79.6 cm³/mol. The van der Waals surface area contributed by atoms with Crippen LogP contribution >= 0.6 is 0 Å². The van der Waals surface area contributed by atoms with Crippen LogP contribution in [0.3, 0.4) is 0 Å². The molecular weight excluding hydrogens is 254 g/mol. The minimum atomic E-state index is -0.573. The van der Waals surface area contributed by atoms with Crippen molar-refractivity contribution in [3.63, 3.8) is 0 Å². The van der Waals surface area contributed by atoms with Crippen molar-refractivity contribution in [2.45, 2.75) is 33.1 Å². The SMILES string of the molecule is CCOC(=O)C(CC)(CN)CCCOc1ccccc1. The van der Waals surface area contributed by atoms with Crippen LogP contribution in [0.5, 0.6) is 5.75 Å². The van der Waals surface area contributed by atoms with E-state index in [0.717, 1.165) is 12.2 Å². The van der Waals surface area contributed by atoms with E-state index in [2.05, 4.69) is 0 Å². The molecule has 2 N–H and O–H groups in total. The predicted octanol–water partition coefficient (Wildman–Crippen LogP) is 2.76. The zero-order valence-electron chi connectivity index (χ0n) is 12.4. The molecular formula is C16H25NO3. The first-order chi connectivity index (χ1) is 9.68. The number of hydrogen-bond acceptors (Lipinski definition) is 4. The molecule has 0 aliphatic rings. The molecule has 112 valence electrons. The maximum Gasteiger partial charge on any atom is 0.313 e. The quantitative estimate of drug-likeness (QED) is 0.558. The van der Waals surface area contributed by atoms with Gasteiger partial charge in [0.05, 0.1) is 18.6 Å². The minimum Gasteiger partial charge on any atom is -0.494 e. The summed E-state index contributed by atoms with van der Waals surface area (Å²) in [7, 11) is 0. The Bertz CT molecular complexity index is 388. The van der Waals surface area contributed by atoms with Crippen LogP contribution in [0.15, 0.2) is 30.3 Å². The van der Waals surface area contributed by atoms with Gasteiger partial charge in [-0.2, -0.15) is 0 Å². The number of rotatable bonds is 9. The monoisotopic (exact) mass is 279 g/mol. The van der Waals surface area contributed by atoms with E-state index >= 15 is 0 Å². The summed E-state index contributed by atoms with van der Waals surface area (Å²) in [5.74, 6) is 0.656. The minimum absolute atomic E-state index is 0.190. The fourth-order valence-corrected chi connectivity index (χ4v) is 2.15. The van der Waals surface area contributed by atoms with Gasteiger partial charge >= 0.3 is 5.97 Å². The van der Waals surface area contributed by atoms with Crippen LogP contribution in [-0.2, 0) is 9.53 Å². The number of carbonyl (C=O) groups excluding carboxylic acids is 1. The molecule has 0 heterocycles. The number of para-hydroxylation sites is 1. The molecule has 0 radical (unpaired) electrons. The average Bonchev–Trinajstić information content (AvgIpc) is 2.49. The fourth-order valence-electron chi connectivity index (χ4n) is 2.15. The summed E-state index contributed by atoms with van der Waals surface area (Å²) in [6, 6.07) is 9.65. The molecule has 1 atom stereocenters. The van der Waals surface area contributed by atoms with Crippen molar-refractivity contribution in [1.29, 1.82) is 0 Å². The van der Waals surface area contributed by atoms with E-state index in [1.54, 1.807) is 0 Å². The number of nitrogens with two attached hydrogens (primary N) is 1. The van der Waals surface area contributed by atoms with Gasteiger partial charge in [0.15, 0.2) is 0 Å². The number of esters is 1. The van der Waals surface area contributed by atoms with Gasteiger partial charge in [-0.3, -0.25) is 4.79 Å². The van der Waals surface area contributed by atoms with Gasteiger partial charge in [-0.15, -0.1) is 0 Å². The lowest BCUT2D eigenvalue weighted by atomic mass is 9.81. The number of hydrogen-bond donors (Lipinski definition) is 1. The summed E-state index contributed by atoms with van der Waals surface area (Å²) in [5, 5.41) is 0. The van der Waals surface area contributed by atoms with Crippen LogP contribution in [-0.4, -0.2) is 25.7 Å². The molecule has 1 rings (SSSR count). The normalized spacial score (nSPS) is 13.6. The fraction of sp³-hybridized carbons (Fsp3) is 0.562. The molecule has 20 heavy (non-hydrogen) atoms. The topological polar surface area (TPSA) is 61.5 Å². The second-order valence-electron chi connectivity index (χ2n) is 4.82. The van der Waals surface area contributed by atoms with Gasteiger partial charge in [0.25, 0.3) is 0 Å². The van der Waals surface area contributed by atoms with Crippen LogP contribution in [0, 0.1) is 5.41 Å². The Morgan fingerprint density at radius 3 is 2.50 bits per heavy atom. The summed E-state index contributed by atoms with van der Waals surface area (Å²) in [5.41, 5.74) is 5.23. The first-order valence-electron chi connectivity index (χ1n) is 7.23. The van der Waals surface area contributed by atoms with Gasteiger partial charge in [-0.05, 0) is 38.3 Å². The van der Waals surface area contributed by atoms with E-state index in [1.165, 1.54) is 0 Å². The molecule has 0 bridgehead atoms. The number of ether oxygens (including phenoxy) is 2. The third-order valence-electron chi connectivity index (χ3n) is 3.59. The molecule has 0 saturated carbocycles. The van der Waals surface area contributed by atoms with Crippen molar-refractivity contribution in [2.24, 2.45) is 11.1 Å². The van der Waals surface area contributed by atoms with Gasteiger partial charge < -0.3 is 15.2 Å². The maximum atomic E-state index is 12.0. The molecule has 0 fully saturated rings. The van der Waals surface area contributed by atoms with Crippen molar-refractivity contribution in [3.8, 4) is 5.75 Å². The van der Waals surface area contributed by atoms with Crippen molar-refractivity contribution < 1.29 is 14.3 Å². The molecule has 0 spiro atoms. The summed E-state index contributed by atoms with van der Waals surface area (Å²) in [4.78, 5) is 12.0. The van der Waals surface area contributed by atoms with E-state index in [-0.39, 0.29) is 5.97 Å². The van der Waals surface area contributed by atoms with Crippen molar-refractivity contribution in [2.75, 3.05) is 19.8 Å². The number of carbonyl (C=O) groups is 1. The largest absolute Gasteiger partial charge is 0.494 e.